The molecule has 0 unspecified atom stereocenters. The molecule has 2 aromatic rings. The molecule has 1 fully saturated rings. The van der Waals surface area contributed by atoms with Crippen molar-refractivity contribution < 1.29 is 9.18 Å². The number of piperidine rings is 1. The number of amides is 1. The lowest BCUT2D eigenvalue weighted by atomic mass is 10.0. The topological polar surface area (TPSA) is 50.6 Å². The van der Waals surface area contributed by atoms with Crippen LogP contribution in [0, 0.1) is 17.1 Å². The summed E-state index contributed by atoms with van der Waals surface area (Å²) in [4.78, 5) is 19.2. The molecule has 0 radical (unpaired) electrons. The second-order valence-corrected chi connectivity index (χ2v) is 9.13. The number of likely N-dealkylation sites (tertiary alicyclic amines) is 1. The van der Waals surface area contributed by atoms with Gasteiger partial charge in [0.2, 0.25) is 0 Å². The highest BCUT2D eigenvalue weighted by molar-refractivity contribution is 5.95. The summed E-state index contributed by atoms with van der Waals surface area (Å²) in [5, 5.41) is 9.35. The molecule has 1 amide bonds. The van der Waals surface area contributed by atoms with Gasteiger partial charge >= 0.3 is 0 Å². The highest BCUT2D eigenvalue weighted by Crippen LogP contribution is 2.34. The maximum Gasteiger partial charge on any atom is 0.254 e. The van der Waals surface area contributed by atoms with Gasteiger partial charge in [0.1, 0.15) is 5.82 Å². The molecule has 0 spiro atoms. The lowest BCUT2D eigenvalue weighted by Gasteiger charge is -2.39. The minimum Gasteiger partial charge on any atom is -0.336 e. The largest absolute Gasteiger partial charge is 0.336 e. The number of hydrogen-bond donors (Lipinski definition) is 0. The summed E-state index contributed by atoms with van der Waals surface area (Å²) >= 11 is 0. The first-order valence-electron chi connectivity index (χ1n) is 11.3. The second kappa shape index (κ2) is 10.1. The summed E-state index contributed by atoms with van der Waals surface area (Å²) in [6, 6.07) is 14.3. The molecule has 32 heavy (non-hydrogen) atoms. The number of carbonyl (C=O) groups is 1. The molecule has 3 rings (SSSR count). The van der Waals surface area contributed by atoms with Gasteiger partial charge in [-0.3, -0.25) is 4.79 Å². The van der Waals surface area contributed by atoms with E-state index in [4.69, 9.17) is 0 Å². The third-order valence-electron chi connectivity index (χ3n) is 6.13. The zero-order chi connectivity index (χ0) is 23.4. The molecule has 2 aromatic carbocycles. The van der Waals surface area contributed by atoms with Crippen molar-refractivity contribution in [2.24, 2.45) is 0 Å². The van der Waals surface area contributed by atoms with Crippen molar-refractivity contribution in [3.05, 3.63) is 59.4 Å². The van der Waals surface area contributed by atoms with Crippen LogP contribution >= 0.6 is 0 Å². The zero-order valence-electron chi connectivity index (χ0n) is 19.7. The van der Waals surface area contributed by atoms with Gasteiger partial charge in [0, 0.05) is 29.4 Å². The minimum absolute atomic E-state index is 0.00921. The van der Waals surface area contributed by atoms with Gasteiger partial charge in [-0.1, -0.05) is 0 Å². The standard InChI is InChI=1S/C26H33FN4O/c1-18(2)30(19(3)4)26(32)21-7-9-22(10-8-21)31(23-12-14-29(5)15-13-23)25-16-20(17-28)6-11-24(25)27/h6-11,16,18-19,23H,12-15H2,1-5H3. The predicted octanol–water partition coefficient (Wildman–Crippen LogP) is 5.19. The lowest BCUT2D eigenvalue weighted by Crippen LogP contribution is -2.42. The van der Waals surface area contributed by atoms with E-state index in [9.17, 15) is 14.4 Å². The third kappa shape index (κ3) is 5.11. The van der Waals surface area contributed by atoms with E-state index in [0.717, 1.165) is 31.6 Å². The molecule has 0 bridgehead atoms. The Morgan fingerprint density at radius 3 is 2.19 bits per heavy atom. The second-order valence-electron chi connectivity index (χ2n) is 9.13. The maximum atomic E-state index is 14.9. The minimum atomic E-state index is -0.353. The maximum absolute atomic E-state index is 14.9. The number of benzene rings is 2. The molecule has 0 atom stereocenters. The van der Waals surface area contributed by atoms with Crippen LogP contribution in [0.3, 0.4) is 0 Å². The predicted molar refractivity (Wildman–Crippen MR) is 127 cm³/mol. The summed E-state index contributed by atoms with van der Waals surface area (Å²) < 4.78 is 14.9. The molecule has 6 heteroatoms. The number of carbonyl (C=O) groups excluding carboxylic acids is 1. The lowest BCUT2D eigenvalue weighted by molar-refractivity contribution is 0.0643. The van der Waals surface area contributed by atoms with Crippen molar-refractivity contribution in [2.75, 3.05) is 25.0 Å². The van der Waals surface area contributed by atoms with Crippen LogP contribution in [0.2, 0.25) is 0 Å². The number of rotatable bonds is 6. The van der Waals surface area contributed by atoms with Gasteiger partial charge in [-0.2, -0.15) is 5.26 Å². The Labute approximate surface area is 191 Å². The quantitative estimate of drug-likeness (QED) is 0.625. The Morgan fingerprint density at radius 1 is 1.06 bits per heavy atom. The van der Waals surface area contributed by atoms with Gasteiger partial charge in [0.05, 0.1) is 17.3 Å². The van der Waals surface area contributed by atoms with Gasteiger partial charge in [0.25, 0.3) is 5.91 Å². The van der Waals surface area contributed by atoms with Crippen molar-refractivity contribution in [3.63, 3.8) is 0 Å². The first-order chi connectivity index (χ1) is 15.2. The van der Waals surface area contributed by atoms with Crippen molar-refractivity contribution in [2.45, 2.75) is 58.7 Å². The smallest absolute Gasteiger partial charge is 0.254 e. The van der Waals surface area contributed by atoms with Crippen LogP contribution in [-0.4, -0.2) is 54.0 Å². The van der Waals surface area contributed by atoms with Gasteiger partial charge in [-0.15, -0.1) is 0 Å². The Balaban J connectivity index is 1.99. The molecule has 1 aliphatic rings. The molecular formula is C26H33FN4O. The summed E-state index contributed by atoms with van der Waals surface area (Å²) in [6.07, 6.45) is 1.78. The highest BCUT2D eigenvalue weighted by atomic mass is 19.1. The van der Waals surface area contributed by atoms with Crippen LogP contribution in [0.5, 0.6) is 0 Å². The summed E-state index contributed by atoms with van der Waals surface area (Å²) in [7, 11) is 2.09. The third-order valence-corrected chi connectivity index (χ3v) is 6.13. The molecule has 1 heterocycles. The Hall–Kier alpha value is -2.91. The molecular weight excluding hydrogens is 403 g/mol. The Bertz CT molecular complexity index is 964. The SMILES string of the molecule is CC(C)N(C(=O)c1ccc(N(c2cc(C#N)ccc2F)C2CCN(C)CC2)cc1)C(C)C. The molecule has 0 aliphatic carbocycles. The van der Waals surface area contributed by atoms with E-state index in [0.29, 0.717) is 16.8 Å². The monoisotopic (exact) mass is 436 g/mol. The van der Waals surface area contributed by atoms with Gasteiger partial charge in [-0.05, 0) is 103 Å². The Morgan fingerprint density at radius 2 is 1.66 bits per heavy atom. The van der Waals surface area contributed by atoms with E-state index < -0.39 is 0 Å². The number of halogens is 1. The van der Waals surface area contributed by atoms with Crippen molar-refractivity contribution in [3.8, 4) is 6.07 Å². The molecule has 170 valence electrons. The van der Waals surface area contributed by atoms with E-state index in [1.807, 2.05) is 61.8 Å². The average molecular weight is 437 g/mol. The molecule has 1 aliphatic heterocycles. The highest BCUT2D eigenvalue weighted by Gasteiger charge is 2.28. The van der Waals surface area contributed by atoms with Crippen LogP contribution in [0.15, 0.2) is 42.5 Å². The molecule has 0 saturated carbocycles. The van der Waals surface area contributed by atoms with Crippen molar-refractivity contribution in [1.29, 1.82) is 5.26 Å². The van der Waals surface area contributed by atoms with Gasteiger partial charge < -0.3 is 14.7 Å². The first-order valence-corrected chi connectivity index (χ1v) is 11.3. The molecule has 0 N–H and O–H groups in total. The van der Waals surface area contributed by atoms with E-state index in [1.54, 1.807) is 6.07 Å². The first kappa shape index (κ1) is 23.7. The van der Waals surface area contributed by atoms with Crippen LogP contribution in [0.1, 0.15) is 56.5 Å². The van der Waals surface area contributed by atoms with Crippen LogP contribution in [-0.2, 0) is 0 Å². The number of nitrogens with zero attached hydrogens (tertiary/aromatic N) is 4. The van der Waals surface area contributed by atoms with Crippen LogP contribution in [0.4, 0.5) is 15.8 Å². The van der Waals surface area contributed by atoms with E-state index in [1.165, 1.54) is 12.1 Å². The fourth-order valence-electron chi connectivity index (χ4n) is 4.55. The molecule has 5 nitrogen and oxygen atoms in total. The zero-order valence-corrected chi connectivity index (χ0v) is 19.7. The van der Waals surface area contributed by atoms with E-state index in [2.05, 4.69) is 18.0 Å². The fraction of sp³-hybridized carbons (Fsp3) is 0.462. The number of anilines is 2. The normalized spacial score (nSPS) is 15.1. The van der Waals surface area contributed by atoms with Crippen LogP contribution < -0.4 is 4.90 Å². The van der Waals surface area contributed by atoms with Gasteiger partial charge in [-0.25, -0.2) is 4.39 Å². The van der Waals surface area contributed by atoms with Crippen LogP contribution in [0.25, 0.3) is 0 Å². The van der Waals surface area contributed by atoms with E-state index >= 15 is 0 Å². The van der Waals surface area contributed by atoms with Crippen molar-refractivity contribution in [1.82, 2.24) is 9.80 Å². The van der Waals surface area contributed by atoms with Crippen molar-refractivity contribution >= 4 is 17.3 Å². The van der Waals surface area contributed by atoms with Gasteiger partial charge in [0.15, 0.2) is 0 Å². The average Bonchev–Trinajstić information content (AvgIpc) is 2.76. The summed E-state index contributed by atoms with van der Waals surface area (Å²) in [6.45, 7) is 9.90. The molecule has 0 aromatic heterocycles. The molecule has 1 saturated heterocycles. The fourth-order valence-corrected chi connectivity index (χ4v) is 4.55. The number of hydrogen-bond acceptors (Lipinski definition) is 4. The number of nitriles is 1. The summed E-state index contributed by atoms with van der Waals surface area (Å²) in [5.41, 5.74) is 2.27. The van der Waals surface area contributed by atoms with E-state index in [-0.39, 0.29) is 29.8 Å². The Kier molecular flexibility index (Phi) is 7.52. The summed E-state index contributed by atoms with van der Waals surface area (Å²) in [5.74, 6) is -0.362.